The van der Waals surface area contributed by atoms with E-state index in [4.69, 9.17) is 0 Å². The molecule has 0 fully saturated rings. The number of nitrogens with one attached hydrogen (secondary N) is 1. The Kier molecular flexibility index (Phi) is 4.84. The number of fused-ring (bicyclic) bond motifs is 1. The van der Waals surface area contributed by atoms with E-state index in [-0.39, 0.29) is 18.0 Å². The van der Waals surface area contributed by atoms with Crippen molar-refractivity contribution in [2.45, 2.75) is 13.1 Å². The second-order valence-corrected chi connectivity index (χ2v) is 7.06. The molecule has 136 valence electrons. The summed E-state index contributed by atoms with van der Waals surface area (Å²) in [6.07, 6.45) is 2.01. The van der Waals surface area contributed by atoms with E-state index in [0.717, 1.165) is 10.4 Å². The third kappa shape index (κ3) is 3.83. The topological polar surface area (TPSA) is 68.9 Å². The molecule has 1 aromatic carbocycles. The van der Waals surface area contributed by atoms with Gasteiger partial charge in [-0.2, -0.15) is 5.10 Å². The predicted molar refractivity (Wildman–Crippen MR) is 107 cm³/mol. The summed E-state index contributed by atoms with van der Waals surface area (Å²) in [7, 11) is 0. The molecule has 27 heavy (non-hydrogen) atoms. The molecule has 0 aliphatic rings. The van der Waals surface area contributed by atoms with Gasteiger partial charge in [0.1, 0.15) is 12.2 Å². The van der Waals surface area contributed by atoms with Crippen LogP contribution in [-0.4, -0.2) is 26.8 Å². The van der Waals surface area contributed by atoms with E-state index in [1.165, 1.54) is 16.1 Å². The van der Waals surface area contributed by atoms with Crippen molar-refractivity contribution in [3.63, 3.8) is 0 Å². The Bertz CT molecular complexity index is 1130. The van der Waals surface area contributed by atoms with E-state index in [1.807, 2.05) is 35.8 Å². The molecule has 0 radical (unpaired) electrons. The first-order valence-corrected chi connectivity index (χ1v) is 9.51. The molecule has 3 aromatic heterocycles. The molecule has 0 atom stereocenters. The largest absolute Gasteiger partial charge is 0.353 e. The molecular weight excluding hydrogens is 360 g/mol. The zero-order valence-electron chi connectivity index (χ0n) is 14.5. The molecule has 6 nitrogen and oxygen atoms in total. The Morgan fingerprint density at radius 2 is 1.96 bits per heavy atom. The van der Waals surface area contributed by atoms with Crippen LogP contribution in [0.3, 0.4) is 0 Å². The highest BCUT2D eigenvalue weighted by Crippen LogP contribution is 2.21. The minimum Gasteiger partial charge on any atom is -0.353 e. The van der Waals surface area contributed by atoms with Crippen LogP contribution < -0.4 is 10.9 Å². The number of amides is 1. The first-order chi connectivity index (χ1) is 13.2. The maximum Gasteiger partial charge on any atom is 0.267 e. The van der Waals surface area contributed by atoms with Crippen molar-refractivity contribution in [1.29, 1.82) is 0 Å². The molecule has 0 aliphatic heterocycles. The fourth-order valence-corrected chi connectivity index (χ4v) is 3.65. The summed E-state index contributed by atoms with van der Waals surface area (Å²) in [5, 5.41) is 10.3. The van der Waals surface area contributed by atoms with Gasteiger partial charge in [0.15, 0.2) is 0 Å². The normalized spacial score (nSPS) is 11.0. The quantitative estimate of drug-likeness (QED) is 0.561. The molecule has 0 spiro atoms. The summed E-state index contributed by atoms with van der Waals surface area (Å²) < 4.78 is 3.30. The van der Waals surface area contributed by atoms with Gasteiger partial charge in [0.05, 0.1) is 4.88 Å². The van der Waals surface area contributed by atoms with Gasteiger partial charge in [0.2, 0.25) is 5.91 Å². The Morgan fingerprint density at radius 3 is 2.81 bits per heavy atom. The Morgan fingerprint density at radius 1 is 1.07 bits per heavy atom. The van der Waals surface area contributed by atoms with E-state index >= 15 is 0 Å². The van der Waals surface area contributed by atoms with Crippen LogP contribution >= 0.6 is 11.3 Å². The van der Waals surface area contributed by atoms with Gasteiger partial charge >= 0.3 is 0 Å². The average molecular weight is 378 g/mol. The van der Waals surface area contributed by atoms with Gasteiger partial charge in [0, 0.05) is 30.9 Å². The molecule has 4 aromatic rings. The minimum absolute atomic E-state index is 0.0928. The summed E-state index contributed by atoms with van der Waals surface area (Å²) in [4.78, 5) is 25.2. The van der Waals surface area contributed by atoms with Gasteiger partial charge < -0.3 is 9.88 Å². The number of rotatable bonds is 6. The number of hydrogen-bond acceptors (Lipinski definition) is 4. The lowest BCUT2D eigenvalue weighted by Crippen LogP contribution is -2.34. The van der Waals surface area contributed by atoms with Gasteiger partial charge in [-0.3, -0.25) is 9.59 Å². The molecule has 3 heterocycles. The van der Waals surface area contributed by atoms with Crippen LogP contribution in [0, 0.1) is 0 Å². The van der Waals surface area contributed by atoms with Gasteiger partial charge in [0.25, 0.3) is 5.56 Å². The van der Waals surface area contributed by atoms with Crippen LogP contribution in [0.1, 0.15) is 0 Å². The number of carbonyl (C=O) groups excluding carboxylic acids is 1. The van der Waals surface area contributed by atoms with Crippen LogP contribution in [0.5, 0.6) is 0 Å². The second kappa shape index (κ2) is 7.59. The van der Waals surface area contributed by atoms with E-state index in [0.29, 0.717) is 18.8 Å². The molecule has 0 unspecified atom stereocenters. The fraction of sp³-hybridized carbons (Fsp3) is 0.150. The highest BCUT2D eigenvalue weighted by Gasteiger charge is 2.08. The summed E-state index contributed by atoms with van der Waals surface area (Å²) in [6, 6.07) is 17.1. The number of carbonyl (C=O) groups is 1. The lowest BCUT2D eigenvalue weighted by molar-refractivity contribution is -0.121. The highest BCUT2D eigenvalue weighted by atomic mass is 32.1. The van der Waals surface area contributed by atoms with Crippen LogP contribution in [0.4, 0.5) is 0 Å². The van der Waals surface area contributed by atoms with Crippen molar-refractivity contribution >= 4 is 28.1 Å². The molecule has 1 N–H and O–H groups in total. The van der Waals surface area contributed by atoms with Gasteiger partial charge in [-0.1, -0.05) is 24.3 Å². The predicted octanol–water partition coefficient (Wildman–Crippen LogP) is 2.74. The lowest BCUT2D eigenvalue weighted by Gasteiger charge is -2.09. The molecule has 0 saturated carbocycles. The summed E-state index contributed by atoms with van der Waals surface area (Å²) in [6.45, 7) is 1.05. The van der Waals surface area contributed by atoms with E-state index in [9.17, 15) is 9.59 Å². The average Bonchev–Trinajstić information content (AvgIpc) is 3.34. The third-order valence-electron chi connectivity index (χ3n) is 4.29. The molecule has 0 bridgehead atoms. The standard InChI is InChI=1S/C20H18N4O2S/c25-19(21-10-12-23-11-9-15-4-1-2-5-17(15)23)14-24-20(26)8-7-16(22-24)18-6-3-13-27-18/h1-9,11,13H,10,12,14H2,(H,21,25). The molecule has 7 heteroatoms. The zero-order chi connectivity index (χ0) is 18.6. The van der Waals surface area contributed by atoms with Gasteiger partial charge in [-0.05, 0) is 35.0 Å². The Balaban J connectivity index is 1.38. The summed E-state index contributed by atoms with van der Waals surface area (Å²) in [5.74, 6) is -0.232. The zero-order valence-corrected chi connectivity index (χ0v) is 15.4. The van der Waals surface area contributed by atoms with E-state index < -0.39 is 0 Å². The second-order valence-electron chi connectivity index (χ2n) is 6.11. The third-order valence-corrected chi connectivity index (χ3v) is 5.18. The van der Waals surface area contributed by atoms with Crippen LogP contribution in [0.15, 0.2) is 71.0 Å². The number of aromatic nitrogens is 3. The van der Waals surface area contributed by atoms with Crippen LogP contribution in [0.25, 0.3) is 21.5 Å². The first-order valence-electron chi connectivity index (χ1n) is 8.63. The molecule has 1 amide bonds. The number of benzene rings is 1. The van der Waals surface area contributed by atoms with Crippen molar-refractivity contribution in [3.8, 4) is 10.6 Å². The number of para-hydroxylation sites is 1. The first kappa shape index (κ1) is 17.2. The Hall–Kier alpha value is -3.19. The van der Waals surface area contributed by atoms with Gasteiger partial charge in [-0.15, -0.1) is 11.3 Å². The summed E-state index contributed by atoms with van der Waals surface area (Å²) >= 11 is 1.54. The molecule has 0 saturated heterocycles. The maximum atomic E-state index is 12.2. The summed E-state index contributed by atoms with van der Waals surface area (Å²) in [5.41, 5.74) is 1.53. The number of nitrogens with zero attached hydrogens (tertiary/aromatic N) is 3. The van der Waals surface area contributed by atoms with Gasteiger partial charge in [-0.25, -0.2) is 4.68 Å². The minimum atomic E-state index is -0.290. The van der Waals surface area contributed by atoms with Crippen molar-refractivity contribution in [1.82, 2.24) is 19.7 Å². The number of hydrogen-bond donors (Lipinski definition) is 1. The van der Waals surface area contributed by atoms with Crippen molar-refractivity contribution < 1.29 is 4.79 Å². The van der Waals surface area contributed by atoms with Crippen LogP contribution in [0.2, 0.25) is 0 Å². The fourth-order valence-electron chi connectivity index (χ4n) is 2.96. The SMILES string of the molecule is O=C(Cn1nc(-c2cccs2)ccc1=O)NCCn1ccc2ccccc21. The van der Waals surface area contributed by atoms with Crippen molar-refractivity contribution in [3.05, 3.63) is 76.5 Å². The maximum absolute atomic E-state index is 12.2. The van der Waals surface area contributed by atoms with E-state index in [1.54, 1.807) is 17.4 Å². The molecule has 4 rings (SSSR count). The van der Waals surface area contributed by atoms with Crippen LogP contribution in [-0.2, 0) is 17.9 Å². The monoisotopic (exact) mass is 378 g/mol. The lowest BCUT2D eigenvalue weighted by atomic mass is 10.2. The smallest absolute Gasteiger partial charge is 0.267 e. The Labute approximate surface area is 159 Å². The number of thiophene rings is 1. The van der Waals surface area contributed by atoms with Crippen molar-refractivity contribution in [2.24, 2.45) is 0 Å². The van der Waals surface area contributed by atoms with Crippen molar-refractivity contribution in [2.75, 3.05) is 6.54 Å². The molecular formula is C20H18N4O2S. The van der Waals surface area contributed by atoms with E-state index in [2.05, 4.69) is 33.2 Å². The molecule has 0 aliphatic carbocycles. The highest BCUT2D eigenvalue weighted by molar-refractivity contribution is 7.13.